The number of hydrogen-bond donors (Lipinski definition) is 0. The molecule has 0 unspecified atom stereocenters. The molecule has 1 heterocycles. The van der Waals surface area contributed by atoms with Crippen molar-refractivity contribution in [3.05, 3.63) is 121 Å². The van der Waals surface area contributed by atoms with Crippen LogP contribution in [0.5, 0.6) is 0 Å². The predicted octanol–water partition coefficient (Wildman–Crippen LogP) is 4.62. The fourth-order valence-electron chi connectivity index (χ4n) is 6.05. The summed E-state index contributed by atoms with van der Waals surface area (Å²) in [6, 6.07) is 48.5. The largest absolute Gasteiger partial charge is 0.331 e. The quantitative estimate of drug-likeness (QED) is 0.362. The lowest BCUT2D eigenvalue weighted by molar-refractivity contribution is 0.596. The highest BCUT2D eigenvalue weighted by Gasteiger charge is 2.60. The maximum Gasteiger partial charge on any atom is 0.186 e. The van der Waals surface area contributed by atoms with E-state index in [4.69, 9.17) is 0 Å². The maximum absolute atomic E-state index is 3.12. The second-order valence-electron chi connectivity index (χ2n) is 9.19. The molecule has 0 radical (unpaired) electrons. The summed E-state index contributed by atoms with van der Waals surface area (Å²) in [4.78, 5) is 0. The third-order valence-electron chi connectivity index (χ3n) is 7.51. The van der Waals surface area contributed by atoms with Gasteiger partial charge < -0.3 is 4.23 Å². The van der Waals surface area contributed by atoms with E-state index < -0.39 is 16.5 Å². The van der Waals surface area contributed by atoms with Crippen molar-refractivity contribution in [2.24, 2.45) is 0 Å². The van der Waals surface area contributed by atoms with Crippen molar-refractivity contribution in [3.63, 3.8) is 0 Å². The smallest absolute Gasteiger partial charge is 0.186 e. The van der Waals surface area contributed by atoms with E-state index in [0.717, 1.165) is 0 Å². The summed E-state index contributed by atoms with van der Waals surface area (Å²) in [6.45, 7) is 3.50. The topological polar surface area (TPSA) is 3.24 Å². The molecule has 166 valence electrons. The Morgan fingerprint density at radius 1 is 0.515 bits per heavy atom. The van der Waals surface area contributed by atoms with Crippen molar-refractivity contribution in [2.45, 2.75) is 31.9 Å². The predicted molar refractivity (Wildman–Crippen MR) is 147 cm³/mol. The van der Waals surface area contributed by atoms with Gasteiger partial charge in [0.2, 0.25) is 0 Å². The molecule has 0 atom stereocenters. The standard InChI is InChI=1S/C30H33NSi2/c1-2-3-24-31-32(27-16-8-4-9-17-27,28-18-10-5-11-19-28)25-26-33(31,29-20-12-6-13-21-29)30-22-14-7-15-23-30/h4-23H,2-3,24-26H2,1H3. The summed E-state index contributed by atoms with van der Waals surface area (Å²) < 4.78 is 3.12. The van der Waals surface area contributed by atoms with Crippen molar-refractivity contribution >= 4 is 37.2 Å². The number of nitrogens with zero attached hydrogens (tertiary/aromatic N) is 1. The Bertz CT molecular complexity index is 977. The Morgan fingerprint density at radius 2 is 0.818 bits per heavy atom. The van der Waals surface area contributed by atoms with Crippen LogP contribution in [0.4, 0.5) is 0 Å². The minimum atomic E-state index is -2.16. The van der Waals surface area contributed by atoms with E-state index in [0.29, 0.717) is 0 Å². The highest BCUT2D eigenvalue weighted by molar-refractivity contribution is 7.17. The van der Waals surface area contributed by atoms with Gasteiger partial charge in [-0.1, -0.05) is 135 Å². The van der Waals surface area contributed by atoms with E-state index in [1.54, 1.807) is 20.7 Å². The first-order valence-corrected chi connectivity index (χ1v) is 16.6. The van der Waals surface area contributed by atoms with Crippen LogP contribution in [-0.4, -0.2) is 27.2 Å². The molecule has 0 bridgehead atoms. The van der Waals surface area contributed by atoms with Crippen molar-refractivity contribution in [2.75, 3.05) is 6.54 Å². The van der Waals surface area contributed by atoms with E-state index in [1.165, 1.54) is 31.5 Å². The van der Waals surface area contributed by atoms with Gasteiger partial charge in [0.25, 0.3) is 0 Å². The fraction of sp³-hybridized carbons (Fsp3) is 0.200. The van der Waals surface area contributed by atoms with Gasteiger partial charge in [0.15, 0.2) is 16.5 Å². The van der Waals surface area contributed by atoms with Crippen LogP contribution in [0.1, 0.15) is 19.8 Å². The molecule has 1 aliphatic heterocycles. The monoisotopic (exact) mass is 463 g/mol. The van der Waals surface area contributed by atoms with Crippen LogP contribution >= 0.6 is 0 Å². The average Bonchev–Trinajstić information content (AvgIpc) is 3.26. The molecule has 0 aromatic heterocycles. The molecule has 0 saturated carbocycles. The van der Waals surface area contributed by atoms with Crippen LogP contribution in [-0.2, 0) is 0 Å². The lowest BCUT2D eigenvalue weighted by atomic mass is 10.3. The summed E-state index contributed by atoms with van der Waals surface area (Å²) in [5.41, 5.74) is 0. The molecule has 4 aromatic carbocycles. The molecule has 33 heavy (non-hydrogen) atoms. The molecule has 4 aromatic rings. The minimum absolute atomic E-state index is 1.17. The first-order chi connectivity index (χ1) is 16.3. The van der Waals surface area contributed by atoms with Crippen molar-refractivity contribution in [3.8, 4) is 0 Å². The Kier molecular flexibility index (Phi) is 6.45. The van der Waals surface area contributed by atoms with Gasteiger partial charge in [-0.2, -0.15) is 0 Å². The van der Waals surface area contributed by atoms with Gasteiger partial charge in [-0.05, 0) is 45.8 Å². The Hall–Kier alpha value is -2.73. The maximum atomic E-state index is 3.12. The average molecular weight is 464 g/mol. The summed E-state index contributed by atoms with van der Waals surface area (Å²) in [7, 11) is -4.31. The van der Waals surface area contributed by atoms with Crippen LogP contribution in [0, 0.1) is 0 Å². The molecule has 0 amide bonds. The van der Waals surface area contributed by atoms with E-state index in [9.17, 15) is 0 Å². The van der Waals surface area contributed by atoms with Crippen LogP contribution in [0.15, 0.2) is 121 Å². The van der Waals surface area contributed by atoms with Gasteiger partial charge in [-0.15, -0.1) is 0 Å². The van der Waals surface area contributed by atoms with Gasteiger partial charge in [-0.25, -0.2) is 0 Å². The van der Waals surface area contributed by atoms with E-state index >= 15 is 0 Å². The summed E-state index contributed by atoms with van der Waals surface area (Å²) in [5.74, 6) is 0. The van der Waals surface area contributed by atoms with Crippen LogP contribution < -0.4 is 20.7 Å². The first kappa shape index (κ1) is 22.1. The molecule has 1 nitrogen and oxygen atoms in total. The molecule has 1 saturated heterocycles. The molecule has 0 N–H and O–H groups in total. The molecule has 0 spiro atoms. The van der Waals surface area contributed by atoms with Gasteiger partial charge >= 0.3 is 0 Å². The molecule has 5 rings (SSSR count). The van der Waals surface area contributed by atoms with Gasteiger partial charge in [0, 0.05) is 0 Å². The zero-order valence-corrected chi connectivity index (χ0v) is 21.5. The lowest BCUT2D eigenvalue weighted by Gasteiger charge is -2.47. The number of benzene rings is 4. The molecular formula is C30H33NSi2. The summed E-state index contributed by atoms with van der Waals surface area (Å²) in [6.07, 6.45) is 2.46. The Morgan fingerprint density at radius 3 is 1.09 bits per heavy atom. The highest BCUT2D eigenvalue weighted by Crippen LogP contribution is 2.37. The second kappa shape index (κ2) is 9.64. The summed E-state index contributed by atoms with van der Waals surface area (Å²) in [5, 5.41) is 6.25. The molecule has 1 fully saturated rings. The fourth-order valence-corrected chi connectivity index (χ4v) is 21.4. The van der Waals surface area contributed by atoms with Crippen molar-refractivity contribution in [1.29, 1.82) is 0 Å². The number of unbranched alkanes of at least 4 members (excludes halogenated alkanes) is 1. The Balaban J connectivity index is 1.82. The first-order valence-electron chi connectivity index (χ1n) is 12.3. The lowest BCUT2D eigenvalue weighted by Crippen LogP contribution is -2.78. The van der Waals surface area contributed by atoms with Crippen LogP contribution in [0.2, 0.25) is 12.1 Å². The van der Waals surface area contributed by atoms with Crippen LogP contribution in [0.25, 0.3) is 0 Å². The van der Waals surface area contributed by atoms with Crippen molar-refractivity contribution < 1.29 is 0 Å². The SMILES string of the molecule is CCCCN1[Si](c2ccccc2)(c2ccccc2)CC[Si]1(c1ccccc1)c1ccccc1. The zero-order valence-electron chi connectivity index (χ0n) is 19.5. The Labute approximate surface area is 200 Å². The van der Waals surface area contributed by atoms with Crippen molar-refractivity contribution in [1.82, 2.24) is 4.23 Å². The molecule has 1 aliphatic rings. The molecule has 3 heteroatoms. The zero-order chi connectivity index (χ0) is 22.6. The van der Waals surface area contributed by atoms with Gasteiger partial charge in [0.1, 0.15) is 0 Å². The van der Waals surface area contributed by atoms with E-state index in [2.05, 4.69) is 132 Å². The minimum Gasteiger partial charge on any atom is -0.331 e. The third kappa shape index (κ3) is 3.74. The highest BCUT2D eigenvalue weighted by atomic mass is 28.4. The number of rotatable bonds is 7. The van der Waals surface area contributed by atoms with Gasteiger partial charge in [0.05, 0.1) is 0 Å². The van der Waals surface area contributed by atoms with E-state index in [1.807, 2.05) is 0 Å². The second-order valence-corrected chi connectivity index (χ2v) is 17.5. The molecule has 0 aliphatic carbocycles. The van der Waals surface area contributed by atoms with Crippen LogP contribution in [0.3, 0.4) is 0 Å². The van der Waals surface area contributed by atoms with Gasteiger partial charge in [-0.3, -0.25) is 0 Å². The molecular weight excluding hydrogens is 431 g/mol. The summed E-state index contributed by atoms with van der Waals surface area (Å²) >= 11 is 0. The normalized spacial score (nSPS) is 17.1. The third-order valence-corrected chi connectivity index (χ3v) is 19.7. The van der Waals surface area contributed by atoms with E-state index in [-0.39, 0.29) is 0 Å². The number of hydrogen-bond acceptors (Lipinski definition) is 1.